The Morgan fingerprint density at radius 2 is 1.80 bits per heavy atom. The fourth-order valence-electron chi connectivity index (χ4n) is 1.97. The lowest BCUT2D eigenvalue weighted by Crippen LogP contribution is -2.24. The molecule has 1 amide bonds. The number of nitrogens with zero attached hydrogens (tertiary/aromatic N) is 2. The molecule has 0 aliphatic heterocycles. The van der Waals surface area contributed by atoms with E-state index in [1.54, 1.807) is 18.5 Å². The second kappa shape index (κ2) is 5.48. The lowest BCUT2D eigenvalue weighted by atomic mass is 10.1. The van der Waals surface area contributed by atoms with E-state index in [9.17, 15) is 4.79 Å². The van der Waals surface area contributed by atoms with Crippen LogP contribution in [0, 0.1) is 0 Å². The predicted octanol–water partition coefficient (Wildman–Crippen LogP) is 2.56. The minimum absolute atomic E-state index is 0.193. The quantitative estimate of drug-likeness (QED) is 0.790. The molecule has 2 aromatic heterocycles. The lowest BCUT2D eigenvalue weighted by Gasteiger charge is -2.05. The molecule has 0 fully saturated rings. The zero-order valence-corrected chi connectivity index (χ0v) is 10.8. The molecule has 1 N–H and O–H groups in total. The first-order valence-electron chi connectivity index (χ1n) is 6.36. The number of amides is 1. The molecule has 0 bridgehead atoms. The van der Waals surface area contributed by atoms with Gasteiger partial charge in [0.2, 0.25) is 0 Å². The van der Waals surface area contributed by atoms with Gasteiger partial charge in [-0.1, -0.05) is 30.3 Å². The Labute approximate surface area is 116 Å². The highest BCUT2D eigenvalue weighted by atomic mass is 16.1. The second-order valence-electron chi connectivity index (χ2n) is 4.42. The van der Waals surface area contributed by atoms with E-state index in [1.165, 1.54) is 0 Å². The van der Waals surface area contributed by atoms with Gasteiger partial charge >= 0.3 is 0 Å². The van der Waals surface area contributed by atoms with Gasteiger partial charge in [-0.15, -0.1) is 0 Å². The monoisotopic (exact) mass is 263 g/mol. The van der Waals surface area contributed by atoms with Crippen LogP contribution in [-0.2, 0) is 6.54 Å². The maximum absolute atomic E-state index is 12.1. The molecule has 2 heterocycles. The van der Waals surface area contributed by atoms with Crippen molar-refractivity contribution in [1.29, 1.82) is 0 Å². The highest BCUT2D eigenvalue weighted by molar-refractivity contribution is 5.96. The second-order valence-corrected chi connectivity index (χ2v) is 4.42. The molecule has 0 unspecified atom stereocenters. The molecule has 3 aromatic rings. The Morgan fingerprint density at radius 3 is 2.60 bits per heavy atom. The van der Waals surface area contributed by atoms with Crippen LogP contribution in [0.15, 0.2) is 60.9 Å². The number of pyridine rings is 2. The molecule has 0 saturated heterocycles. The van der Waals surface area contributed by atoms with Crippen molar-refractivity contribution in [3.63, 3.8) is 0 Å². The normalized spacial score (nSPS) is 10.4. The van der Waals surface area contributed by atoms with Gasteiger partial charge in [0.1, 0.15) is 5.69 Å². The molecule has 20 heavy (non-hydrogen) atoms. The number of nitrogens with one attached hydrogen (secondary N) is 1. The van der Waals surface area contributed by atoms with Crippen molar-refractivity contribution < 1.29 is 4.79 Å². The number of hydrogen-bond donors (Lipinski definition) is 1. The van der Waals surface area contributed by atoms with Crippen LogP contribution in [-0.4, -0.2) is 15.9 Å². The Balaban J connectivity index is 1.75. The Bertz CT molecular complexity index is 741. The summed E-state index contributed by atoms with van der Waals surface area (Å²) in [5.41, 5.74) is 1.24. The van der Waals surface area contributed by atoms with Crippen LogP contribution in [0.3, 0.4) is 0 Å². The summed E-state index contributed by atoms with van der Waals surface area (Å²) in [7, 11) is 0. The van der Waals surface area contributed by atoms with Gasteiger partial charge in [-0.05, 0) is 23.6 Å². The maximum Gasteiger partial charge on any atom is 0.270 e. The van der Waals surface area contributed by atoms with Gasteiger partial charge in [0.25, 0.3) is 5.91 Å². The fourth-order valence-corrected chi connectivity index (χ4v) is 1.97. The average Bonchev–Trinajstić information content (AvgIpc) is 2.53. The molecule has 0 saturated carbocycles. The van der Waals surface area contributed by atoms with E-state index >= 15 is 0 Å². The van der Waals surface area contributed by atoms with Crippen molar-refractivity contribution in [2.24, 2.45) is 0 Å². The third-order valence-electron chi connectivity index (χ3n) is 3.02. The number of benzene rings is 1. The van der Waals surface area contributed by atoms with Crippen molar-refractivity contribution in [1.82, 2.24) is 15.3 Å². The number of hydrogen-bond acceptors (Lipinski definition) is 3. The van der Waals surface area contributed by atoms with E-state index < -0.39 is 0 Å². The molecule has 3 rings (SSSR count). The fraction of sp³-hybridized carbons (Fsp3) is 0.0625. The maximum atomic E-state index is 12.1. The SMILES string of the molecule is O=C(NCc1ccccn1)c1cc2ccccc2cn1. The molecule has 0 spiro atoms. The predicted molar refractivity (Wildman–Crippen MR) is 77.2 cm³/mol. The van der Waals surface area contributed by atoms with Gasteiger partial charge in [0.05, 0.1) is 12.2 Å². The summed E-state index contributed by atoms with van der Waals surface area (Å²) in [5, 5.41) is 4.84. The van der Waals surface area contributed by atoms with Crippen molar-refractivity contribution in [2.45, 2.75) is 6.54 Å². The number of aromatic nitrogens is 2. The number of rotatable bonds is 3. The number of carbonyl (C=O) groups excluding carboxylic acids is 1. The van der Waals surface area contributed by atoms with Gasteiger partial charge < -0.3 is 5.32 Å². The van der Waals surface area contributed by atoms with Gasteiger partial charge in [0, 0.05) is 17.8 Å². The van der Waals surface area contributed by atoms with E-state index in [-0.39, 0.29) is 5.91 Å². The number of carbonyl (C=O) groups is 1. The third kappa shape index (κ3) is 2.64. The Kier molecular flexibility index (Phi) is 3.37. The van der Waals surface area contributed by atoms with Crippen molar-refractivity contribution in [3.05, 3.63) is 72.3 Å². The standard InChI is InChI=1S/C16H13N3O/c20-16(19-11-14-7-3-4-8-17-14)15-9-12-5-1-2-6-13(12)10-18-15/h1-10H,11H2,(H,19,20). The summed E-state index contributed by atoms with van der Waals surface area (Å²) in [6.45, 7) is 0.397. The van der Waals surface area contributed by atoms with Crippen LogP contribution in [0.5, 0.6) is 0 Å². The Morgan fingerprint density at radius 1 is 1.00 bits per heavy atom. The minimum atomic E-state index is -0.193. The zero-order chi connectivity index (χ0) is 13.8. The van der Waals surface area contributed by atoms with Crippen LogP contribution in [0.25, 0.3) is 10.8 Å². The van der Waals surface area contributed by atoms with E-state index in [0.29, 0.717) is 12.2 Å². The molecule has 1 aromatic carbocycles. The van der Waals surface area contributed by atoms with E-state index in [4.69, 9.17) is 0 Å². The first-order valence-corrected chi connectivity index (χ1v) is 6.36. The average molecular weight is 263 g/mol. The van der Waals surface area contributed by atoms with Gasteiger partial charge in [0.15, 0.2) is 0 Å². The molecule has 98 valence electrons. The molecule has 0 radical (unpaired) electrons. The topological polar surface area (TPSA) is 54.9 Å². The smallest absolute Gasteiger partial charge is 0.270 e. The van der Waals surface area contributed by atoms with E-state index in [0.717, 1.165) is 16.5 Å². The van der Waals surface area contributed by atoms with Gasteiger partial charge in [-0.25, -0.2) is 0 Å². The molecule has 4 nitrogen and oxygen atoms in total. The summed E-state index contributed by atoms with van der Waals surface area (Å²) < 4.78 is 0. The highest BCUT2D eigenvalue weighted by Gasteiger charge is 2.07. The molecule has 0 aliphatic rings. The largest absolute Gasteiger partial charge is 0.345 e. The lowest BCUT2D eigenvalue weighted by molar-refractivity contribution is 0.0945. The van der Waals surface area contributed by atoms with E-state index in [1.807, 2.05) is 42.5 Å². The first-order chi connectivity index (χ1) is 9.83. The van der Waals surface area contributed by atoms with Gasteiger partial charge in [-0.3, -0.25) is 14.8 Å². The van der Waals surface area contributed by atoms with Gasteiger partial charge in [-0.2, -0.15) is 0 Å². The van der Waals surface area contributed by atoms with Crippen molar-refractivity contribution in [2.75, 3.05) is 0 Å². The van der Waals surface area contributed by atoms with Crippen LogP contribution < -0.4 is 5.32 Å². The summed E-state index contributed by atoms with van der Waals surface area (Å²) in [4.78, 5) is 20.4. The summed E-state index contributed by atoms with van der Waals surface area (Å²) >= 11 is 0. The third-order valence-corrected chi connectivity index (χ3v) is 3.02. The summed E-state index contributed by atoms with van der Waals surface area (Å²) in [6, 6.07) is 15.2. The van der Waals surface area contributed by atoms with E-state index in [2.05, 4.69) is 15.3 Å². The zero-order valence-electron chi connectivity index (χ0n) is 10.8. The molecule has 0 aliphatic carbocycles. The summed E-state index contributed by atoms with van der Waals surface area (Å²) in [5.74, 6) is -0.193. The van der Waals surface area contributed by atoms with Crippen LogP contribution >= 0.6 is 0 Å². The van der Waals surface area contributed by atoms with Crippen molar-refractivity contribution >= 4 is 16.7 Å². The first kappa shape index (κ1) is 12.3. The van der Waals surface area contributed by atoms with Crippen molar-refractivity contribution in [3.8, 4) is 0 Å². The van der Waals surface area contributed by atoms with Crippen LogP contribution in [0.1, 0.15) is 16.2 Å². The van der Waals surface area contributed by atoms with Crippen LogP contribution in [0.4, 0.5) is 0 Å². The Hall–Kier alpha value is -2.75. The molecule has 0 atom stereocenters. The molecular formula is C16H13N3O. The summed E-state index contributed by atoms with van der Waals surface area (Å²) in [6.07, 6.45) is 3.42. The highest BCUT2D eigenvalue weighted by Crippen LogP contribution is 2.13. The van der Waals surface area contributed by atoms with Crippen LogP contribution in [0.2, 0.25) is 0 Å². The minimum Gasteiger partial charge on any atom is -0.345 e. The molecule has 4 heteroatoms. The molecular weight excluding hydrogens is 250 g/mol. The number of fused-ring (bicyclic) bond motifs is 1.